The molecular formula is C76H140Cl2O15. The molecule has 0 rings (SSSR count). The van der Waals surface area contributed by atoms with Crippen LogP contribution >= 0.6 is 23.2 Å². The van der Waals surface area contributed by atoms with E-state index in [9.17, 15) is 43.5 Å². The van der Waals surface area contributed by atoms with Gasteiger partial charge in [0.15, 0.2) is 6.10 Å². The number of rotatable bonds is 69. The summed E-state index contributed by atoms with van der Waals surface area (Å²) in [5.74, 6) is -3.64. The molecule has 0 unspecified atom stereocenters. The van der Waals surface area contributed by atoms with E-state index in [0.717, 1.165) is 64.2 Å². The standard InChI is InChI=1S/C38H70O8.C35H68O5.C3H2Cl2O2/c1-3-5-7-9-11-13-15-17-19-21-23-25-27-29-36(41)44-32-34(46-38(43)31-35(39)40)33-45-37(42)30-28-26-24-22-20-18-16-14-12-10-8-6-4-2;1-3-5-7-9-11-13-15-17-19-21-23-25-27-29-34(37)39-31-33(36)32-40-35(38)30-28-26-24-22-20-18-16-14-12-10-8-6-4-2;4-2(6)1-3(5)7/h34H,3-33H2,1-2H3,(H,39,40);33,36H,3-32H2,1-2H3;1H2. The largest absolute Gasteiger partial charge is 0.481 e. The Bertz CT molecular complexity index is 1610. The van der Waals surface area contributed by atoms with Crippen molar-refractivity contribution < 1.29 is 72.3 Å². The highest BCUT2D eigenvalue weighted by Gasteiger charge is 2.21. The van der Waals surface area contributed by atoms with Crippen LogP contribution in [0.15, 0.2) is 0 Å². The molecule has 0 aromatic carbocycles. The number of hydrogen-bond donors (Lipinski definition) is 2. The summed E-state index contributed by atoms with van der Waals surface area (Å²) in [6.07, 6.45) is 62.9. The average molecular weight is 1360 g/mol. The molecule has 0 atom stereocenters. The smallest absolute Gasteiger partial charge is 0.317 e. The van der Waals surface area contributed by atoms with Crippen LogP contribution in [0.5, 0.6) is 0 Å². The minimum absolute atomic E-state index is 0.108. The summed E-state index contributed by atoms with van der Waals surface area (Å²) in [5.41, 5.74) is 0. The summed E-state index contributed by atoms with van der Waals surface area (Å²) in [4.78, 5) is 90.4. The average Bonchev–Trinajstić information content (AvgIpc) is 3.72. The number of ether oxygens (including phenoxy) is 5. The lowest BCUT2D eigenvalue weighted by atomic mass is 10.0. The maximum absolute atomic E-state index is 12.2. The Morgan fingerprint density at radius 1 is 0.269 bits per heavy atom. The molecule has 0 heterocycles. The number of aliphatic hydroxyl groups excluding tert-OH is 1. The van der Waals surface area contributed by atoms with E-state index in [2.05, 4.69) is 27.7 Å². The van der Waals surface area contributed by atoms with E-state index in [-0.39, 0.29) is 57.6 Å². The lowest BCUT2D eigenvalue weighted by Gasteiger charge is -2.18. The zero-order chi connectivity index (χ0) is 69.1. The van der Waals surface area contributed by atoms with Gasteiger partial charge in [-0.05, 0) is 48.9 Å². The van der Waals surface area contributed by atoms with Crippen molar-refractivity contribution >= 4 is 69.5 Å². The molecule has 0 amide bonds. The second-order valence-electron chi connectivity index (χ2n) is 25.9. The quantitative estimate of drug-likeness (QED) is 0.0190. The number of unbranched alkanes of at least 4 members (excludes halogenated alkanes) is 48. The molecule has 0 bridgehead atoms. The summed E-state index contributed by atoms with van der Waals surface area (Å²) >= 11 is 9.46. The molecule has 0 fully saturated rings. The number of carbonyl (C=O) groups excluding carboxylic acids is 7. The number of halogens is 2. The molecule has 0 aromatic heterocycles. The minimum Gasteiger partial charge on any atom is -0.481 e. The van der Waals surface area contributed by atoms with E-state index in [1.165, 1.54) is 270 Å². The second-order valence-corrected chi connectivity index (χ2v) is 26.8. The Balaban J connectivity index is -0.00000159. The molecule has 15 nitrogen and oxygen atoms in total. The van der Waals surface area contributed by atoms with E-state index in [0.29, 0.717) is 12.8 Å². The molecule has 0 aliphatic rings. The predicted molar refractivity (Wildman–Crippen MR) is 380 cm³/mol. The van der Waals surface area contributed by atoms with Gasteiger partial charge in [0.2, 0.25) is 10.5 Å². The van der Waals surface area contributed by atoms with Crippen LogP contribution in [-0.4, -0.2) is 95.1 Å². The summed E-state index contributed by atoms with van der Waals surface area (Å²) in [7, 11) is 0. The Morgan fingerprint density at radius 3 is 0.624 bits per heavy atom. The molecule has 548 valence electrons. The van der Waals surface area contributed by atoms with Gasteiger partial charge < -0.3 is 33.9 Å². The molecule has 0 aliphatic carbocycles. The van der Waals surface area contributed by atoms with Crippen LogP contribution in [0.3, 0.4) is 0 Å². The fraction of sp³-hybridized carbons (Fsp3) is 0.895. The number of aliphatic carboxylic acids is 1. The van der Waals surface area contributed by atoms with Crippen LogP contribution in [0, 0.1) is 0 Å². The first kappa shape index (κ1) is 93.9. The van der Waals surface area contributed by atoms with Crippen molar-refractivity contribution in [1.29, 1.82) is 0 Å². The lowest BCUT2D eigenvalue weighted by molar-refractivity contribution is -0.169. The minimum atomic E-state index is -1.32. The van der Waals surface area contributed by atoms with Crippen molar-refractivity contribution in [3.8, 4) is 0 Å². The summed E-state index contributed by atoms with van der Waals surface area (Å²) in [6.45, 7) is 8.25. The van der Waals surface area contributed by atoms with Gasteiger partial charge in [-0.15, -0.1) is 0 Å². The highest BCUT2D eigenvalue weighted by atomic mass is 35.5. The first-order valence-corrected chi connectivity index (χ1v) is 38.9. The van der Waals surface area contributed by atoms with Crippen LogP contribution in [0.1, 0.15) is 400 Å². The number of esters is 5. The Labute approximate surface area is 577 Å². The maximum Gasteiger partial charge on any atom is 0.317 e. The molecule has 93 heavy (non-hydrogen) atoms. The Hall–Kier alpha value is -3.30. The Kier molecular flexibility index (Phi) is 78.4. The predicted octanol–water partition coefficient (Wildman–Crippen LogP) is 21.7. The highest BCUT2D eigenvalue weighted by Crippen LogP contribution is 2.18. The summed E-state index contributed by atoms with van der Waals surface area (Å²) in [6, 6.07) is 0. The number of carboxylic acids is 1. The monoisotopic (exact) mass is 1360 g/mol. The van der Waals surface area contributed by atoms with Gasteiger partial charge in [-0.2, -0.15) is 0 Å². The van der Waals surface area contributed by atoms with Crippen LogP contribution in [-0.2, 0) is 62.0 Å². The number of carboxylic acid groups (broad SMARTS) is 1. The molecule has 0 radical (unpaired) electrons. The van der Waals surface area contributed by atoms with Crippen LogP contribution in [0.2, 0.25) is 0 Å². The van der Waals surface area contributed by atoms with Gasteiger partial charge >= 0.3 is 35.8 Å². The van der Waals surface area contributed by atoms with Crippen molar-refractivity contribution in [3.63, 3.8) is 0 Å². The third kappa shape index (κ3) is 84.7. The third-order valence-corrected chi connectivity index (χ3v) is 16.8. The molecule has 2 N–H and O–H groups in total. The highest BCUT2D eigenvalue weighted by molar-refractivity contribution is 6.72. The zero-order valence-corrected chi connectivity index (χ0v) is 61.5. The van der Waals surface area contributed by atoms with E-state index < -0.39 is 53.0 Å². The van der Waals surface area contributed by atoms with E-state index in [1.807, 2.05) is 0 Å². The normalized spacial score (nSPS) is 11.0. The van der Waals surface area contributed by atoms with Gasteiger partial charge in [0.1, 0.15) is 39.0 Å². The fourth-order valence-electron chi connectivity index (χ4n) is 10.8. The van der Waals surface area contributed by atoms with Crippen molar-refractivity contribution in [2.75, 3.05) is 26.4 Å². The molecule has 0 aliphatic heterocycles. The summed E-state index contributed by atoms with van der Waals surface area (Å²) in [5, 5.41) is 17.4. The first-order chi connectivity index (χ1) is 45.1. The second kappa shape index (κ2) is 77.7. The van der Waals surface area contributed by atoms with Crippen LogP contribution < -0.4 is 0 Å². The Morgan fingerprint density at radius 2 is 0.452 bits per heavy atom. The molecule has 0 spiro atoms. The van der Waals surface area contributed by atoms with E-state index in [4.69, 9.17) is 52.0 Å². The molecule has 17 heteroatoms. The SMILES string of the molecule is CCCCCCCCCCCCCCCC(=O)OCC(COC(=O)CCCCCCCCCCCCCCC)OC(=O)CC(=O)O.CCCCCCCCCCCCCCCC(=O)OCC(O)COC(=O)CCCCCCCCCCCCCCC.O=C(Cl)CC(=O)Cl. The fourth-order valence-corrected chi connectivity index (χ4v) is 11.1. The van der Waals surface area contributed by atoms with Gasteiger partial charge in [0.05, 0.1) is 6.42 Å². The van der Waals surface area contributed by atoms with E-state index in [1.54, 1.807) is 0 Å². The van der Waals surface area contributed by atoms with Gasteiger partial charge in [-0.3, -0.25) is 38.4 Å². The van der Waals surface area contributed by atoms with E-state index >= 15 is 0 Å². The van der Waals surface area contributed by atoms with Gasteiger partial charge in [-0.1, -0.05) is 336 Å². The summed E-state index contributed by atoms with van der Waals surface area (Å²) < 4.78 is 26.0. The van der Waals surface area contributed by atoms with Gasteiger partial charge in [-0.25, -0.2) is 0 Å². The van der Waals surface area contributed by atoms with Crippen molar-refractivity contribution in [2.24, 2.45) is 0 Å². The lowest BCUT2D eigenvalue weighted by Crippen LogP contribution is -2.31. The van der Waals surface area contributed by atoms with Gasteiger partial charge in [0, 0.05) is 25.7 Å². The number of hydrogen-bond acceptors (Lipinski definition) is 14. The number of carbonyl (C=O) groups is 8. The molecule has 0 saturated heterocycles. The van der Waals surface area contributed by atoms with Crippen LogP contribution in [0.25, 0.3) is 0 Å². The first-order valence-electron chi connectivity index (χ1n) is 38.2. The zero-order valence-electron chi connectivity index (χ0n) is 60.0. The van der Waals surface area contributed by atoms with Crippen molar-refractivity contribution in [2.45, 2.75) is 412 Å². The molecule has 0 aromatic rings. The van der Waals surface area contributed by atoms with Crippen molar-refractivity contribution in [1.82, 2.24) is 0 Å². The number of aliphatic hydroxyl groups is 1. The topological polar surface area (TPSA) is 223 Å². The van der Waals surface area contributed by atoms with Gasteiger partial charge in [0.25, 0.3) is 0 Å². The maximum atomic E-state index is 12.2. The molecular weight excluding hydrogens is 1220 g/mol. The molecule has 0 saturated carbocycles. The third-order valence-electron chi connectivity index (χ3n) is 16.5. The van der Waals surface area contributed by atoms with Crippen molar-refractivity contribution in [3.05, 3.63) is 0 Å². The van der Waals surface area contributed by atoms with Crippen LogP contribution in [0.4, 0.5) is 0 Å².